The van der Waals surface area contributed by atoms with Gasteiger partial charge in [-0.25, -0.2) is 0 Å². The number of nitrogens with one attached hydrogen (secondary N) is 1. The number of nitrogens with zero attached hydrogens (tertiary/aromatic N) is 2. The first-order valence-electron chi connectivity index (χ1n) is 9.58. The number of piperidine rings is 1. The first kappa shape index (κ1) is 20.7. The van der Waals surface area contributed by atoms with Gasteiger partial charge in [-0.05, 0) is 37.7 Å². The van der Waals surface area contributed by atoms with Gasteiger partial charge < -0.3 is 15.1 Å². The fourth-order valence-corrected chi connectivity index (χ4v) is 3.74. The average molecular weight is 380 g/mol. The highest BCUT2D eigenvalue weighted by molar-refractivity contribution is 5.89. The van der Waals surface area contributed by atoms with Crippen molar-refractivity contribution in [1.82, 2.24) is 15.1 Å². The number of halogens is 1. The molecular formula is C20H30ClN3O2. The Morgan fingerprint density at radius 3 is 2.54 bits per heavy atom. The lowest BCUT2D eigenvalue weighted by atomic mass is 10.1. The van der Waals surface area contributed by atoms with E-state index in [1.807, 2.05) is 28.0 Å². The molecule has 2 aliphatic heterocycles. The Bertz CT molecular complexity index is 576. The Balaban J connectivity index is 0.00000243. The zero-order valence-corrected chi connectivity index (χ0v) is 16.2. The molecule has 1 unspecified atom stereocenters. The Morgan fingerprint density at radius 2 is 1.81 bits per heavy atom. The molecule has 1 aromatic carbocycles. The maximum atomic E-state index is 12.7. The molecule has 2 heterocycles. The van der Waals surface area contributed by atoms with Gasteiger partial charge in [-0.2, -0.15) is 0 Å². The van der Waals surface area contributed by atoms with E-state index in [0.717, 1.165) is 58.4 Å². The summed E-state index contributed by atoms with van der Waals surface area (Å²) in [5.74, 6) is 0.210. The molecule has 1 aromatic rings. The van der Waals surface area contributed by atoms with E-state index in [2.05, 4.69) is 17.4 Å². The van der Waals surface area contributed by atoms with Gasteiger partial charge in [0.25, 0.3) is 0 Å². The summed E-state index contributed by atoms with van der Waals surface area (Å²) in [6.45, 7) is 3.97. The van der Waals surface area contributed by atoms with Crippen LogP contribution in [0.4, 0.5) is 0 Å². The smallest absolute Gasteiger partial charge is 0.240 e. The first-order valence-corrected chi connectivity index (χ1v) is 9.58. The molecule has 0 bridgehead atoms. The molecule has 2 aliphatic rings. The molecule has 2 fully saturated rings. The van der Waals surface area contributed by atoms with Gasteiger partial charge in [0.15, 0.2) is 0 Å². The van der Waals surface area contributed by atoms with Crippen LogP contribution >= 0.6 is 12.4 Å². The Hall–Kier alpha value is -1.59. The van der Waals surface area contributed by atoms with E-state index >= 15 is 0 Å². The third-order valence-electron chi connectivity index (χ3n) is 5.21. The van der Waals surface area contributed by atoms with Crippen molar-refractivity contribution in [3.63, 3.8) is 0 Å². The quantitative estimate of drug-likeness (QED) is 0.824. The number of hydrogen-bond donors (Lipinski definition) is 1. The van der Waals surface area contributed by atoms with E-state index in [9.17, 15) is 9.59 Å². The first-order chi connectivity index (χ1) is 12.2. The van der Waals surface area contributed by atoms with Crippen LogP contribution in [-0.4, -0.2) is 60.4 Å². The van der Waals surface area contributed by atoms with Gasteiger partial charge in [-0.1, -0.05) is 30.3 Å². The van der Waals surface area contributed by atoms with E-state index < -0.39 is 0 Å². The van der Waals surface area contributed by atoms with Crippen molar-refractivity contribution in [2.24, 2.45) is 0 Å². The number of likely N-dealkylation sites (tertiary alicyclic amines) is 1. The molecule has 0 aliphatic carbocycles. The number of carbonyl (C=O) groups excluding carboxylic acids is 2. The van der Waals surface area contributed by atoms with E-state index in [-0.39, 0.29) is 30.3 Å². The van der Waals surface area contributed by atoms with Crippen LogP contribution in [0.5, 0.6) is 0 Å². The van der Waals surface area contributed by atoms with Gasteiger partial charge in [0.2, 0.25) is 11.8 Å². The number of amides is 2. The minimum absolute atomic E-state index is 0. The van der Waals surface area contributed by atoms with Gasteiger partial charge in [-0.15, -0.1) is 12.4 Å². The van der Waals surface area contributed by atoms with Crippen molar-refractivity contribution in [3.8, 4) is 0 Å². The van der Waals surface area contributed by atoms with Gasteiger partial charge in [-0.3, -0.25) is 9.59 Å². The molecule has 2 amide bonds. The molecule has 1 atom stereocenters. The Kier molecular flexibility index (Phi) is 8.39. The predicted molar refractivity (Wildman–Crippen MR) is 105 cm³/mol. The van der Waals surface area contributed by atoms with E-state index in [1.54, 1.807) is 0 Å². The molecule has 1 N–H and O–H groups in total. The molecular weight excluding hydrogens is 350 g/mol. The maximum absolute atomic E-state index is 12.7. The monoisotopic (exact) mass is 379 g/mol. The minimum atomic E-state index is -0.347. The van der Waals surface area contributed by atoms with Crippen LogP contribution in [-0.2, 0) is 16.0 Å². The molecule has 3 rings (SSSR count). The van der Waals surface area contributed by atoms with Crippen molar-refractivity contribution in [2.75, 3.05) is 32.7 Å². The van der Waals surface area contributed by atoms with Gasteiger partial charge in [0, 0.05) is 32.7 Å². The number of aryl methyl sites for hydroxylation is 1. The summed E-state index contributed by atoms with van der Waals surface area (Å²) in [5.41, 5.74) is 1.31. The summed E-state index contributed by atoms with van der Waals surface area (Å²) in [4.78, 5) is 29.0. The number of carbonyl (C=O) groups is 2. The Labute approximate surface area is 162 Å². The highest BCUT2D eigenvalue weighted by atomic mass is 35.5. The summed E-state index contributed by atoms with van der Waals surface area (Å²) < 4.78 is 0. The van der Waals surface area contributed by atoms with Crippen molar-refractivity contribution >= 4 is 24.2 Å². The van der Waals surface area contributed by atoms with Gasteiger partial charge in [0.05, 0.1) is 12.5 Å². The summed E-state index contributed by atoms with van der Waals surface area (Å²) in [7, 11) is 0. The van der Waals surface area contributed by atoms with Crippen molar-refractivity contribution in [1.29, 1.82) is 0 Å². The predicted octanol–water partition coefficient (Wildman–Crippen LogP) is 2.24. The fourth-order valence-electron chi connectivity index (χ4n) is 3.74. The van der Waals surface area contributed by atoms with Crippen LogP contribution in [0.15, 0.2) is 30.3 Å². The lowest BCUT2D eigenvalue weighted by molar-refractivity contribution is -0.141. The van der Waals surface area contributed by atoms with E-state index in [4.69, 9.17) is 0 Å². The molecule has 0 radical (unpaired) electrons. The topological polar surface area (TPSA) is 52.7 Å². The van der Waals surface area contributed by atoms with Crippen molar-refractivity contribution in [3.05, 3.63) is 35.9 Å². The summed E-state index contributed by atoms with van der Waals surface area (Å²) in [6.07, 6.45) is 5.62. The van der Waals surface area contributed by atoms with Gasteiger partial charge in [0.1, 0.15) is 0 Å². The normalized spacial score (nSPS) is 20.6. The zero-order valence-electron chi connectivity index (χ0n) is 15.4. The summed E-state index contributed by atoms with van der Waals surface area (Å²) >= 11 is 0. The number of rotatable bonds is 6. The lowest BCUT2D eigenvalue weighted by Gasteiger charge is -2.34. The largest absolute Gasteiger partial charge is 0.343 e. The zero-order chi connectivity index (χ0) is 17.5. The molecule has 2 saturated heterocycles. The molecule has 0 spiro atoms. The molecule has 6 heteroatoms. The number of hydrogen-bond acceptors (Lipinski definition) is 3. The van der Waals surface area contributed by atoms with Crippen LogP contribution in [0.3, 0.4) is 0 Å². The number of piperazine rings is 1. The van der Waals surface area contributed by atoms with Crippen LogP contribution in [0.1, 0.15) is 37.7 Å². The van der Waals surface area contributed by atoms with Crippen molar-refractivity contribution < 1.29 is 9.59 Å². The third kappa shape index (κ3) is 5.71. The van der Waals surface area contributed by atoms with E-state index in [1.165, 1.54) is 12.0 Å². The SMILES string of the molecule is Cl.O=C(CC1NCCN(CCCc2ccccc2)C1=O)N1CCCCC1. The Morgan fingerprint density at radius 1 is 1.08 bits per heavy atom. The van der Waals surface area contributed by atoms with Crippen LogP contribution in [0.2, 0.25) is 0 Å². The molecule has 26 heavy (non-hydrogen) atoms. The second kappa shape index (κ2) is 10.5. The van der Waals surface area contributed by atoms with Crippen LogP contribution < -0.4 is 5.32 Å². The molecule has 144 valence electrons. The minimum Gasteiger partial charge on any atom is -0.343 e. The van der Waals surface area contributed by atoms with Crippen LogP contribution in [0, 0.1) is 0 Å². The third-order valence-corrected chi connectivity index (χ3v) is 5.21. The summed E-state index contributed by atoms with van der Waals surface area (Å²) in [5, 5.41) is 3.24. The van der Waals surface area contributed by atoms with Crippen molar-refractivity contribution in [2.45, 2.75) is 44.6 Å². The lowest BCUT2D eigenvalue weighted by Crippen LogP contribution is -2.56. The molecule has 0 saturated carbocycles. The second-order valence-electron chi connectivity index (χ2n) is 7.07. The molecule has 0 aromatic heterocycles. The van der Waals surface area contributed by atoms with E-state index in [0.29, 0.717) is 6.42 Å². The number of benzene rings is 1. The fraction of sp³-hybridized carbons (Fsp3) is 0.600. The van der Waals surface area contributed by atoms with Gasteiger partial charge >= 0.3 is 0 Å². The maximum Gasteiger partial charge on any atom is 0.240 e. The second-order valence-corrected chi connectivity index (χ2v) is 7.07. The van der Waals surface area contributed by atoms with Crippen LogP contribution in [0.25, 0.3) is 0 Å². The molecule has 5 nitrogen and oxygen atoms in total. The average Bonchev–Trinajstić information content (AvgIpc) is 2.66. The highest BCUT2D eigenvalue weighted by Crippen LogP contribution is 2.13. The summed E-state index contributed by atoms with van der Waals surface area (Å²) in [6, 6.07) is 10.0. The standard InChI is InChI=1S/C20H29N3O2.ClH/c24-19(22-12-5-2-6-13-22)16-18-20(25)23(15-11-21-18)14-7-10-17-8-3-1-4-9-17;/h1,3-4,8-9,18,21H,2,5-7,10-16H2;1H. The highest BCUT2D eigenvalue weighted by Gasteiger charge is 2.31.